The number of carbonyl (C=O) groups is 1. The fourth-order valence-corrected chi connectivity index (χ4v) is 3.53. The lowest BCUT2D eigenvalue weighted by molar-refractivity contribution is 0.0787. The Hall–Kier alpha value is -1.85. The molecule has 1 aromatic heterocycles. The normalized spacial score (nSPS) is 17.4. The van der Waals surface area contributed by atoms with Crippen molar-refractivity contribution in [1.82, 2.24) is 14.8 Å². The number of aromatic nitrogens is 1. The molecule has 0 spiro atoms. The van der Waals surface area contributed by atoms with E-state index in [4.69, 9.17) is 16.0 Å². The average Bonchev–Trinajstić information content (AvgIpc) is 3.12. The maximum absolute atomic E-state index is 12.4. The summed E-state index contributed by atoms with van der Waals surface area (Å²) in [6.07, 6.45) is 6.01. The topological polar surface area (TPSA) is 49.6 Å². The van der Waals surface area contributed by atoms with E-state index in [-0.39, 0.29) is 5.91 Å². The summed E-state index contributed by atoms with van der Waals surface area (Å²) in [5.74, 6) is 0.582. The van der Waals surface area contributed by atoms with Crippen molar-refractivity contribution in [2.24, 2.45) is 0 Å². The van der Waals surface area contributed by atoms with Crippen LogP contribution >= 0.6 is 11.6 Å². The van der Waals surface area contributed by atoms with Gasteiger partial charge in [-0.25, -0.2) is 4.98 Å². The van der Waals surface area contributed by atoms with Crippen molar-refractivity contribution < 1.29 is 9.21 Å². The lowest BCUT2D eigenvalue weighted by atomic mass is 10.2. The lowest BCUT2D eigenvalue weighted by Crippen LogP contribution is -2.28. The molecular weight excluding hydrogens is 338 g/mol. The highest BCUT2D eigenvalue weighted by Crippen LogP contribution is 2.31. The zero-order chi connectivity index (χ0) is 17.2. The molecule has 6 heteroatoms. The highest BCUT2D eigenvalue weighted by molar-refractivity contribution is 6.31. The predicted molar refractivity (Wildman–Crippen MR) is 95.4 cm³/mol. The number of likely N-dealkylation sites (tertiary alicyclic amines) is 1. The summed E-state index contributed by atoms with van der Waals surface area (Å²) in [5.41, 5.74) is 1.53. The molecule has 1 saturated carbocycles. The first kappa shape index (κ1) is 16.6. The zero-order valence-electron chi connectivity index (χ0n) is 14.2. The van der Waals surface area contributed by atoms with Crippen molar-refractivity contribution in [3.63, 3.8) is 0 Å². The number of oxazole rings is 1. The maximum Gasteiger partial charge on any atom is 0.275 e. The van der Waals surface area contributed by atoms with E-state index in [0.29, 0.717) is 24.2 Å². The van der Waals surface area contributed by atoms with Crippen LogP contribution in [-0.2, 0) is 13.1 Å². The quantitative estimate of drug-likeness (QED) is 0.788. The van der Waals surface area contributed by atoms with E-state index < -0.39 is 0 Å². The fraction of sp³-hybridized carbons (Fsp3) is 0.474. The van der Waals surface area contributed by atoms with E-state index in [1.165, 1.54) is 19.1 Å². The summed E-state index contributed by atoms with van der Waals surface area (Å²) in [6.45, 7) is 3.01. The Morgan fingerprint density at radius 1 is 1.24 bits per heavy atom. The van der Waals surface area contributed by atoms with Crippen molar-refractivity contribution in [1.29, 1.82) is 0 Å². The van der Waals surface area contributed by atoms with Gasteiger partial charge in [0.15, 0.2) is 5.69 Å². The van der Waals surface area contributed by atoms with E-state index in [1.54, 1.807) is 0 Å². The minimum absolute atomic E-state index is 0.0171. The molecule has 2 aromatic rings. The van der Waals surface area contributed by atoms with Crippen molar-refractivity contribution in [3.05, 3.63) is 52.7 Å². The minimum Gasteiger partial charge on any atom is -0.447 e. The number of benzene rings is 1. The maximum atomic E-state index is 12.4. The van der Waals surface area contributed by atoms with Crippen LogP contribution in [0.3, 0.4) is 0 Å². The van der Waals surface area contributed by atoms with Gasteiger partial charge in [-0.15, -0.1) is 0 Å². The summed E-state index contributed by atoms with van der Waals surface area (Å²) in [5, 5.41) is 0.783. The van der Waals surface area contributed by atoms with Crippen molar-refractivity contribution in [2.45, 2.75) is 44.8 Å². The van der Waals surface area contributed by atoms with Crippen molar-refractivity contribution in [3.8, 4) is 0 Å². The smallest absolute Gasteiger partial charge is 0.275 e. The van der Waals surface area contributed by atoms with Crippen LogP contribution in [-0.4, -0.2) is 39.8 Å². The van der Waals surface area contributed by atoms with Crippen LogP contribution in [0.2, 0.25) is 5.02 Å². The van der Waals surface area contributed by atoms with Crippen LogP contribution in [0.1, 0.15) is 47.6 Å². The second kappa shape index (κ2) is 7.18. The molecule has 0 N–H and O–H groups in total. The van der Waals surface area contributed by atoms with Crippen LogP contribution in [0.4, 0.5) is 0 Å². The number of halogens is 1. The molecule has 0 unspecified atom stereocenters. The number of carbonyl (C=O) groups excluding carboxylic acids is 1. The van der Waals surface area contributed by atoms with Crippen LogP contribution in [0, 0.1) is 0 Å². The van der Waals surface area contributed by atoms with Gasteiger partial charge in [0, 0.05) is 30.7 Å². The molecule has 0 atom stereocenters. The summed E-state index contributed by atoms with van der Waals surface area (Å²) in [4.78, 5) is 21.0. The number of nitrogens with zero attached hydrogens (tertiary/aromatic N) is 3. The Kier molecular flexibility index (Phi) is 4.77. The summed E-state index contributed by atoms with van der Waals surface area (Å²) in [6, 6.07) is 8.46. The molecule has 0 radical (unpaired) electrons. The van der Waals surface area contributed by atoms with Crippen molar-refractivity contribution in [2.75, 3.05) is 13.1 Å². The Balaban J connectivity index is 1.44. The molecule has 132 valence electrons. The first-order chi connectivity index (χ1) is 12.2. The van der Waals surface area contributed by atoms with Gasteiger partial charge in [0.25, 0.3) is 5.91 Å². The van der Waals surface area contributed by atoms with Gasteiger partial charge in [-0.05, 0) is 37.3 Å². The van der Waals surface area contributed by atoms with E-state index in [9.17, 15) is 4.79 Å². The summed E-state index contributed by atoms with van der Waals surface area (Å²) >= 11 is 6.30. The first-order valence-corrected chi connectivity index (χ1v) is 9.29. The second-order valence-electron chi connectivity index (χ2n) is 6.85. The fourth-order valence-electron chi connectivity index (χ4n) is 3.34. The molecule has 1 amide bonds. The van der Waals surface area contributed by atoms with Gasteiger partial charge in [0.05, 0.1) is 6.54 Å². The molecule has 25 heavy (non-hydrogen) atoms. The van der Waals surface area contributed by atoms with Gasteiger partial charge in [0.2, 0.25) is 5.89 Å². The van der Waals surface area contributed by atoms with Gasteiger partial charge in [-0.3, -0.25) is 9.69 Å². The third kappa shape index (κ3) is 3.88. The van der Waals surface area contributed by atoms with Gasteiger partial charge in [-0.2, -0.15) is 0 Å². The van der Waals surface area contributed by atoms with Gasteiger partial charge < -0.3 is 9.32 Å². The van der Waals surface area contributed by atoms with E-state index in [2.05, 4.69) is 16.0 Å². The van der Waals surface area contributed by atoms with Crippen LogP contribution in [0.15, 0.2) is 34.9 Å². The highest BCUT2D eigenvalue weighted by atomic mass is 35.5. The third-order valence-electron chi connectivity index (χ3n) is 4.90. The lowest BCUT2D eigenvalue weighted by Gasteiger charge is -2.20. The number of rotatable bonds is 6. The molecule has 5 nitrogen and oxygen atoms in total. The Morgan fingerprint density at radius 3 is 2.72 bits per heavy atom. The zero-order valence-corrected chi connectivity index (χ0v) is 14.9. The number of hydrogen-bond donors (Lipinski definition) is 0. The Morgan fingerprint density at radius 2 is 2.00 bits per heavy atom. The molecule has 0 bridgehead atoms. The molecule has 1 saturated heterocycles. The minimum atomic E-state index is -0.0171. The van der Waals surface area contributed by atoms with E-state index >= 15 is 0 Å². The largest absolute Gasteiger partial charge is 0.447 e. The van der Waals surface area contributed by atoms with Gasteiger partial charge in [0.1, 0.15) is 6.26 Å². The van der Waals surface area contributed by atoms with Gasteiger partial charge >= 0.3 is 0 Å². The molecule has 1 aromatic carbocycles. The first-order valence-electron chi connectivity index (χ1n) is 8.92. The van der Waals surface area contributed by atoms with Crippen LogP contribution < -0.4 is 0 Å². The Bertz CT molecular complexity index is 751. The van der Waals surface area contributed by atoms with Crippen LogP contribution in [0.5, 0.6) is 0 Å². The van der Waals surface area contributed by atoms with Crippen LogP contribution in [0.25, 0.3) is 0 Å². The van der Waals surface area contributed by atoms with E-state index in [1.807, 2.05) is 23.1 Å². The standard InChI is InChI=1S/C19H22ClN3O2/c20-16-6-2-1-5-14(16)11-23(15-7-8-15)12-18-21-17(13-25-18)19(24)22-9-3-4-10-22/h1-2,5-6,13,15H,3-4,7-12H2. The number of amides is 1. The molecule has 2 aliphatic rings. The molecular formula is C19H22ClN3O2. The molecule has 4 rings (SSSR count). The number of hydrogen-bond acceptors (Lipinski definition) is 4. The monoisotopic (exact) mass is 359 g/mol. The van der Waals surface area contributed by atoms with E-state index in [0.717, 1.165) is 43.1 Å². The third-order valence-corrected chi connectivity index (χ3v) is 5.27. The SMILES string of the molecule is O=C(c1coc(CN(Cc2ccccc2Cl)C2CC2)n1)N1CCCC1. The van der Waals surface area contributed by atoms with Gasteiger partial charge in [-0.1, -0.05) is 29.8 Å². The summed E-state index contributed by atoms with van der Waals surface area (Å²) < 4.78 is 5.59. The summed E-state index contributed by atoms with van der Waals surface area (Å²) in [7, 11) is 0. The highest BCUT2D eigenvalue weighted by Gasteiger charge is 2.31. The molecule has 2 fully saturated rings. The second-order valence-corrected chi connectivity index (χ2v) is 7.26. The Labute approximate surface area is 152 Å². The molecule has 1 aliphatic heterocycles. The van der Waals surface area contributed by atoms with Crippen molar-refractivity contribution >= 4 is 17.5 Å². The molecule has 2 heterocycles. The predicted octanol–water partition coefficient (Wildman–Crippen LogP) is 3.73. The molecule has 1 aliphatic carbocycles. The average molecular weight is 360 g/mol.